The minimum Gasteiger partial charge on any atom is -0.508 e. The maximum atomic E-state index is 13.4. The summed E-state index contributed by atoms with van der Waals surface area (Å²) < 4.78 is 0. The molecule has 410 valence electrons. The number of rotatable bonds is 25. The van der Waals surface area contributed by atoms with Crippen molar-refractivity contribution < 1.29 is 48.6 Å². The standard InChI is InChI=1S/C58H58N12O10/c71-37-21-17-35(18-22-37)27-47(69-53(77)33-61-51(75)29-63-55-39-9-1-5-13-43(39)67-44-14-6-2-10-40(44)55)57(79)65-31-49(73)59-25-26-60-50(74)32-66-58(80)48(28-36-19-23-38(72)24-20-36)70-54(78)34-62-52(76)30-64-56-41-11-3-7-15-45(41)68-46-16-8-4-12-42(46)56/h1-24,47-48,71-72H,25-34H2,(H,59,73)(H,60,74)(H,61,75)(H,62,76)(H,63,67)(H,64,68)(H,65,79)(H,66,80)(H,69,77)(H,70,78)/t47-,48-/m0/s1. The number of phenols is 2. The lowest BCUT2D eigenvalue weighted by molar-refractivity contribution is -0.130. The number of carbonyl (C=O) groups is 8. The molecule has 0 aliphatic heterocycles. The number of amides is 8. The molecule has 8 amide bonds. The Morgan fingerprint density at radius 2 is 0.650 bits per heavy atom. The van der Waals surface area contributed by atoms with Gasteiger partial charge in [0.05, 0.1) is 72.7 Å². The van der Waals surface area contributed by atoms with Crippen LogP contribution in [0.5, 0.6) is 11.5 Å². The summed E-state index contributed by atoms with van der Waals surface area (Å²) in [6, 6.07) is 39.6. The molecule has 2 aromatic heterocycles. The summed E-state index contributed by atoms with van der Waals surface area (Å²) in [6.45, 7) is -2.40. The Balaban J connectivity index is 0.757. The monoisotopic (exact) mass is 1080 g/mol. The number of aromatic nitrogens is 2. The van der Waals surface area contributed by atoms with Crippen LogP contribution in [0.4, 0.5) is 11.4 Å². The Morgan fingerprint density at radius 3 is 0.988 bits per heavy atom. The third-order valence-electron chi connectivity index (χ3n) is 12.6. The highest BCUT2D eigenvalue weighted by molar-refractivity contribution is 6.09. The van der Waals surface area contributed by atoms with Gasteiger partial charge in [-0.1, -0.05) is 97.1 Å². The molecule has 0 aliphatic carbocycles. The van der Waals surface area contributed by atoms with Gasteiger partial charge in [0, 0.05) is 47.5 Å². The van der Waals surface area contributed by atoms with Crippen LogP contribution in [0.1, 0.15) is 11.1 Å². The summed E-state index contributed by atoms with van der Waals surface area (Å²) in [5.41, 5.74) is 5.55. The molecule has 0 saturated carbocycles. The lowest BCUT2D eigenvalue weighted by Gasteiger charge is -2.19. The van der Waals surface area contributed by atoms with Crippen LogP contribution in [0, 0.1) is 0 Å². The van der Waals surface area contributed by atoms with E-state index in [9.17, 15) is 48.6 Å². The van der Waals surface area contributed by atoms with E-state index >= 15 is 0 Å². The van der Waals surface area contributed by atoms with Gasteiger partial charge in [-0.25, -0.2) is 9.97 Å². The molecule has 0 spiro atoms. The average Bonchev–Trinajstić information content (AvgIpc) is 3.47. The molecule has 0 aliphatic rings. The van der Waals surface area contributed by atoms with Crippen molar-refractivity contribution in [1.29, 1.82) is 0 Å². The smallest absolute Gasteiger partial charge is 0.243 e. The Kier molecular flexibility index (Phi) is 18.9. The van der Waals surface area contributed by atoms with Gasteiger partial charge in [0.15, 0.2) is 0 Å². The van der Waals surface area contributed by atoms with Gasteiger partial charge in [-0.2, -0.15) is 0 Å². The number of hydrogen-bond acceptors (Lipinski definition) is 14. The topological polar surface area (TPSA) is 323 Å². The number of benzene rings is 6. The predicted molar refractivity (Wildman–Crippen MR) is 301 cm³/mol. The molecule has 22 nitrogen and oxygen atoms in total. The molecule has 0 bridgehead atoms. The van der Waals surface area contributed by atoms with Crippen molar-refractivity contribution in [3.8, 4) is 11.5 Å². The number of phenolic OH excluding ortho intramolecular Hbond substituents is 2. The molecule has 0 unspecified atom stereocenters. The second-order valence-corrected chi connectivity index (χ2v) is 18.4. The number of fused-ring (bicyclic) bond motifs is 4. The van der Waals surface area contributed by atoms with E-state index in [1.807, 2.05) is 97.1 Å². The molecule has 0 radical (unpaired) electrons. The first-order valence-corrected chi connectivity index (χ1v) is 25.6. The Labute approximate surface area is 457 Å². The molecule has 80 heavy (non-hydrogen) atoms. The normalized spacial score (nSPS) is 11.7. The van der Waals surface area contributed by atoms with Crippen LogP contribution in [0.15, 0.2) is 146 Å². The lowest BCUT2D eigenvalue weighted by atomic mass is 10.0. The van der Waals surface area contributed by atoms with E-state index in [4.69, 9.17) is 9.97 Å². The van der Waals surface area contributed by atoms with Crippen molar-refractivity contribution in [2.24, 2.45) is 0 Å². The highest BCUT2D eigenvalue weighted by Gasteiger charge is 2.24. The maximum Gasteiger partial charge on any atom is 0.243 e. The van der Waals surface area contributed by atoms with Crippen molar-refractivity contribution >= 4 is 102 Å². The minimum atomic E-state index is -1.19. The zero-order valence-electron chi connectivity index (χ0n) is 43.1. The summed E-state index contributed by atoms with van der Waals surface area (Å²) in [6.07, 6.45) is -0.0473. The largest absolute Gasteiger partial charge is 0.508 e. The van der Waals surface area contributed by atoms with Gasteiger partial charge in [-0.3, -0.25) is 38.4 Å². The average molecular weight is 1080 g/mol. The van der Waals surface area contributed by atoms with Crippen molar-refractivity contribution in [2.75, 3.05) is 63.0 Å². The highest BCUT2D eigenvalue weighted by Crippen LogP contribution is 2.32. The first kappa shape index (κ1) is 55.8. The van der Waals surface area contributed by atoms with Gasteiger partial charge in [-0.05, 0) is 59.7 Å². The first-order chi connectivity index (χ1) is 38.8. The van der Waals surface area contributed by atoms with Gasteiger partial charge >= 0.3 is 0 Å². The van der Waals surface area contributed by atoms with E-state index in [1.165, 1.54) is 24.3 Å². The van der Waals surface area contributed by atoms with Crippen molar-refractivity contribution in [3.63, 3.8) is 0 Å². The fourth-order valence-corrected chi connectivity index (χ4v) is 8.64. The summed E-state index contributed by atoms with van der Waals surface area (Å²) in [5.74, 6) is -5.03. The molecule has 12 N–H and O–H groups in total. The number of nitrogens with one attached hydrogen (secondary N) is 10. The zero-order valence-corrected chi connectivity index (χ0v) is 43.1. The minimum absolute atomic E-state index is 0.00703. The first-order valence-electron chi connectivity index (χ1n) is 25.6. The third-order valence-corrected chi connectivity index (χ3v) is 12.6. The highest BCUT2D eigenvalue weighted by atomic mass is 16.3. The molecular weight excluding hydrogens is 1020 g/mol. The van der Waals surface area contributed by atoms with Gasteiger partial charge in [0.25, 0.3) is 0 Å². The van der Waals surface area contributed by atoms with Crippen molar-refractivity contribution in [2.45, 2.75) is 24.9 Å². The Morgan fingerprint density at radius 1 is 0.350 bits per heavy atom. The van der Waals surface area contributed by atoms with Crippen LogP contribution in [0.25, 0.3) is 43.6 Å². The SMILES string of the molecule is O=C(CNC(=O)[C@H](Cc1ccc(O)cc1)NC(=O)CNC(=O)CNc1c2ccccc2nc2ccccc12)NCCNC(=O)CNC(=O)[C@H](Cc1ccc(O)cc1)NC(=O)CNC(=O)CNc1c2ccccc2nc2ccccc12. The molecule has 8 rings (SSSR count). The predicted octanol–water partition coefficient (Wildman–Crippen LogP) is 2.18. The zero-order chi connectivity index (χ0) is 56.4. The van der Waals surface area contributed by atoms with Gasteiger partial charge < -0.3 is 63.4 Å². The second kappa shape index (κ2) is 27.1. The second-order valence-electron chi connectivity index (χ2n) is 18.4. The summed E-state index contributed by atoms with van der Waals surface area (Å²) in [4.78, 5) is 114. The molecule has 22 heteroatoms. The number of carbonyl (C=O) groups excluding carboxylic acids is 8. The lowest BCUT2D eigenvalue weighted by Crippen LogP contribution is -2.52. The molecule has 6 aromatic carbocycles. The fourth-order valence-electron chi connectivity index (χ4n) is 8.64. The van der Waals surface area contributed by atoms with Crippen LogP contribution in [0.2, 0.25) is 0 Å². The van der Waals surface area contributed by atoms with Crippen LogP contribution in [-0.2, 0) is 51.2 Å². The molecular formula is C58H58N12O10. The van der Waals surface area contributed by atoms with E-state index < -0.39 is 85.5 Å². The van der Waals surface area contributed by atoms with Crippen LogP contribution in [0.3, 0.4) is 0 Å². The van der Waals surface area contributed by atoms with Gasteiger partial charge in [0.2, 0.25) is 47.3 Å². The summed E-state index contributed by atoms with van der Waals surface area (Å²) >= 11 is 0. The van der Waals surface area contributed by atoms with Crippen molar-refractivity contribution in [3.05, 3.63) is 157 Å². The third kappa shape index (κ3) is 15.6. The molecule has 0 fully saturated rings. The Bertz CT molecular complexity index is 3240. The van der Waals surface area contributed by atoms with Crippen LogP contribution >= 0.6 is 0 Å². The number of anilines is 2. The Hall–Kier alpha value is -10.4. The van der Waals surface area contributed by atoms with Crippen LogP contribution < -0.4 is 53.2 Å². The van der Waals surface area contributed by atoms with E-state index in [0.717, 1.165) is 43.6 Å². The van der Waals surface area contributed by atoms with Gasteiger partial charge in [0.1, 0.15) is 23.6 Å². The molecule has 2 atom stereocenters. The van der Waals surface area contributed by atoms with E-state index in [-0.39, 0.29) is 50.5 Å². The number of nitrogens with zero attached hydrogens (tertiary/aromatic N) is 2. The van der Waals surface area contributed by atoms with Gasteiger partial charge in [-0.15, -0.1) is 0 Å². The number of pyridine rings is 2. The maximum absolute atomic E-state index is 13.4. The van der Waals surface area contributed by atoms with E-state index in [1.54, 1.807) is 24.3 Å². The number of para-hydroxylation sites is 4. The summed E-state index contributed by atoms with van der Waals surface area (Å²) in [5, 5.41) is 49.6. The van der Waals surface area contributed by atoms with E-state index in [0.29, 0.717) is 22.5 Å². The fraction of sp³-hybridized carbons (Fsp3) is 0.207. The molecule has 8 aromatic rings. The summed E-state index contributed by atoms with van der Waals surface area (Å²) in [7, 11) is 0. The van der Waals surface area contributed by atoms with Crippen LogP contribution in [-0.4, -0.2) is 132 Å². The number of hydrogen-bond donors (Lipinski definition) is 12. The van der Waals surface area contributed by atoms with Crippen molar-refractivity contribution in [1.82, 2.24) is 52.5 Å². The number of aromatic hydroxyl groups is 2. The molecule has 0 saturated heterocycles. The quantitative estimate of drug-likeness (QED) is 0.0289. The molecule has 2 heterocycles. The van der Waals surface area contributed by atoms with E-state index in [2.05, 4.69) is 53.2 Å².